The van der Waals surface area contributed by atoms with Crippen LogP contribution in [0.15, 0.2) is 78.9 Å². The van der Waals surface area contributed by atoms with Crippen LogP contribution in [0.3, 0.4) is 0 Å². The Morgan fingerprint density at radius 3 is 2.26 bits per heavy atom. The number of carboxylic acid groups (broad SMARTS) is 1. The van der Waals surface area contributed by atoms with Crippen molar-refractivity contribution in [2.75, 3.05) is 19.7 Å². The molecular weight excluding hydrogens is 530 g/mol. The van der Waals surface area contributed by atoms with Gasteiger partial charge in [-0.15, -0.1) is 0 Å². The molecule has 8 nitrogen and oxygen atoms in total. The number of hydrogen-bond donors (Lipinski definition) is 3. The molecule has 3 atom stereocenters. The molecule has 2 amide bonds. The maximum absolute atomic E-state index is 13.8. The summed E-state index contributed by atoms with van der Waals surface area (Å²) < 4.78 is 5.85. The van der Waals surface area contributed by atoms with E-state index in [0.29, 0.717) is 32.5 Å². The zero-order valence-corrected chi connectivity index (χ0v) is 23.6. The topological polar surface area (TPSA) is 108 Å². The van der Waals surface area contributed by atoms with E-state index < -0.39 is 17.6 Å². The second kappa shape index (κ2) is 12.0. The number of ether oxygens (including phenoxy) is 1. The summed E-state index contributed by atoms with van der Waals surface area (Å²) in [6.07, 6.45) is 2.10. The Kier molecular flexibility index (Phi) is 7.98. The van der Waals surface area contributed by atoms with Gasteiger partial charge in [-0.05, 0) is 59.4 Å². The van der Waals surface area contributed by atoms with Gasteiger partial charge in [-0.2, -0.15) is 0 Å². The van der Waals surface area contributed by atoms with E-state index in [4.69, 9.17) is 4.74 Å². The Labute approximate surface area is 246 Å². The zero-order valence-electron chi connectivity index (χ0n) is 23.6. The van der Waals surface area contributed by atoms with E-state index in [0.717, 1.165) is 40.7 Å². The van der Waals surface area contributed by atoms with Crippen LogP contribution in [-0.4, -0.2) is 59.3 Å². The summed E-state index contributed by atoms with van der Waals surface area (Å²) in [5.74, 6) is -1.06. The van der Waals surface area contributed by atoms with Gasteiger partial charge in [-0.1, -0.05) is 78.9 Å². The molecule has 0 spiro atoms. The fourth-order valence-corrected chi connectivity index (χ4v) is 7.00. The molecule has 218 valence electrons. The molecule has 3 aliphatic rings. The Bertz CT molecular complexity index is 1410. The standard InChI is InChI=1S/C34H37N3O5/c38-31(39)19-24-14-15-25(18-24)35-32(40)34(16-17-37(22-34)20-23-8-2-1-3-9-23)36-33(41)42-21-30-28-12-6-4-10-26(28)27-11-5-7-13-29(27)30/h1-13,24-25,30H,14-22H2,(H,35,40)(H,36,41)(H,38,39)/t24-,25+,34?/m0/s1. The SMILES string of the molecule is O=C(O)C[C@H]1CC[C@@H](NC(=O)C2(NC(=O)OCC3c4ccccc4-c4ccccc43)CCN(Cc3ccccc3)C2)C1. The van der Waals surface area contributed by atoms with Crippen molar-refractivity contribution in [2.24, 2.45) is 5.92 Å². The summed E-state index contributed by atoms with van der Waals surface area (Å²) in [7, 11) is 0. The quantitative estimate of drug-likeness (QED) is 0.339. The first-order valence-corrected chi connectivity index (χ1v) is 14.8. The molecule has 2 aliphatic carbocycles. The lowest BCUT2D eigenvalue weighted by Gasteiger charge is -2.31. The highest BCUT2D eigenvalue weighted by Gasteiger charge is 2.47. The minimum atomic E-state index is -1.14. The fourth-order valence-electron chi connectivity index (χ4n) is 7.00. The second-order valence-electron chi connectivity index (χ2n) is 11.9. The first kappa shape index (κ1) is 28.0. The number of carbonyl (C=O) groups excluding carboxylic acids is 2. The van der Waals surface area contributed by atoms with E-state index >= 15 is 0 Å². The van der Waals surface area contributed by atoms with Gasteiger partial charge in [0.05, 0.1) is 0 Å². The first-order chi connectivity index (χ1) is 20.4. The molecule has 8 heteroatoms. The van der Waals surface area contributed by atoms with Crippen LogP contribution in [0.25, 0.3) is 11.1 Å². The molecule has 6 rings (SSSR count). The van der Waals surface area contributed by atoms with Gasteiger partial charge in [0.15, 0.2) is 0 Å². The highest BCUT2D eigenvalue weighted by Crippen LogP contribution is 2.44. The van der Waals surface area contributed by atoms with Gasteiger partial charge in [-0.3, -0.25) is 14.5 Å². The van der Waals surface area contributed by atoms with E-state index in [2.05, 4.69) is 51.9 Å². The van der Waals surface area contributed by atoms with E-state index in [-0.39, 0.29) is 36.8 Å². The van der Waals surface area contributed by atoms with E-state index in [1.807, 2.05) is 42.5 Å². The van der Waals surface area contributed by atoms with Crippen LogP contribution in [0.1, 0.15) is 54.7 Å². The molecule has 3 N–H and O–H groups in total. The number of benzene rings is 3. The average Bonchev–Trinajstić information content (AvgIpc) is 3.69. The van der Waals surface area contributed by atoms with Gasteiger partial charge in [0, 0.05) is 38.0 Å². The van der Waals surface area contributed by atoms with Gasteiger partial charge in [0.2, 0.25) is 5.91 Å². The summed E-state index contributed by atoms with van der Waals surface area (Å²) >= 11 is 0. The Morgan fingerprint density at radius 2 is 1.57 bits per heavy atom. The smallest absolute Gasteiger partial charge is 0.408 e. The Hall–Kier alpha value is -4.17. The Balaban J connectivity index is 1.15. The first-order valence-electron chi connectivity index (χ1n) is 14.8. The zero-order chi connectivity index (χ0) is 29.1. The monoisotopic (exact) mass is 567 g/mol. The molecule has 1 saturated carbocycles. The van der Waals surface area contributed by atoms with Gasteiger partial charge >= 0.3 is 12.1 Å². The number of alkyl carbamates (subject to hydrolysis) is 1. The molecule has 3 aromatic rings. The van der Waals surface area contributed by atoms with E-state index in [1.165, 1.54) is 0 Å². The van der Waals surface area contributed by atoms with Crippen LogP contribution in [0.4, 0.5) is 4.79 Å². The minimum absolute atomic E-state index is 0.0528. The van der Waals surface area contributed by atoms with Crippen molar-refractivity contribution in [1.82, 2.24) is 15.5 Å². The lowest BCUT2D eigenvalue weighted by Crippen LogP contribution is -2.61. The van der Waals surface area contributed by atoms with Crippen molar-refractivity contribution in [3.8, 4) is 11.1 Å². The number of amides is 2. The number of nitrogens with zero attached hydrogens (tertiary/aromatic N) is 1. The van der Waals surface area contributed by atoms with Gasteiger partial charge in [0.1, 0.15) is 12.1 Å². The van der Waals surface area contributed by atoms with Crippen LogP contribution in [0.5, 0.6) is 0 Å². The molecule has 1 aliphatic heterocycles. The molecular formula is C34H37N3O5. The number of carbonyl (C=O) groups is 3. The molecule has 0 aromatic heterocycles. The molecule has 1 saturated heterocycles. The predicted octanol–water partition coefficient (Wildman–Crippen LogP) is 4.93. The highest BCUT2D eigenvalue weighted by molar-refractivity contribution is 5.91. The van der Waals surface area contributed by atoms with E-state index in [9.17, 15) is 19.5 Å². The van der Waals surface area contributed by atoms with Gasteiger partial charge in [-0.25, -0.2) is 4.79 Å². The van der Waals surface area contributed by atoms with Crippen molar-refractivity contribution in [2.45, 2.75) is 56.1 Å². The summed E-state index contributed by atoms with van der Waals surface area (Å²) in [5.41, 5.74) is 4.58. The van der Waals surface area contributed by atoms with Crippen molar-refractivity contribution in [3.63, 3.8) is 0 Å². The normalized spacial score (nSPS) is 23.2. The highest BCUT2D eigenvalue weighted by atomic mass is 16.5. The van der Waals surface area contributed by atoms with Crippen molar-refractivity contribution < 1.29 is 24.2 Å². The Morgan fingerprint density at radius 1 is 0.905 bits per heavy atom. The van der Waals surface area contributed by atoms with Crippen molar-refractivity contribution >= 4 is 18.0 Å². The van der Waals surface area contributed by atoms with Crippen molar-refractivity contribution in [3.05, 3.63) is 95.6 Å². The number of aliphatic carboxylic acids is 1. The number of nitrogens with one attached hydrogen (secondary N) is 2. The molecule has 0 bridgehead atoms. The third kappa shape index (κ3) is 5.90. The minimum Gasteiger partial charge on any atom is -0.481 e. The molecule has 2 fully saturated rings. The van der Waals surface area contributed by atoms with Crippen LogP contribution >= 0.6 is 0 Å². The number of rotatable bonds is 9. The summed E-state index contributed by atoms with van der Waals surface area (Å²) in [6.45, 7) is 1.86. The number of hydrogen-bond acceptors (Lipinski definition) is 5. The maximum Gasteiger partial charge on any atom is 0.408 e. The van der Waals surface area contributed by atoms with E-state index in [1.54, 1.807) is 0 Å². The molecule has 1 heterocycles. The van der Waals surface area contributed by atoms with Gasteiger partial charge < -0.3 is 20.5 Å². The molecule has 0 radical (unpaired) electrons. The van der Waals surface area contributed by atoms with Crippen LogP contribution in [0, 0.1) is 5.92 Å². The third-order valence-electron chi connectivity index (χ3n) is 9.06. The fraction of sp³-hybridized carbons (Fsp3) is 0.382. The van der Waals surface area contributed by atoms with Crippen LogP contribution < -0.4 is 10.6 Å². The predicted molar refractivity (Wildman–Crippen MR) is 159 cm³/mol. The molecule has 3 aromatic carbocycles. The lowest BCUT2D eigenvalue weighted by molar-refractivity contribution is -0.138. The van der Waals surface area contributed by atoms with Crippen molar-refractivity contribution in [1.29, 1.82) is 0 Å². The average molecular weight is 568 g/mol. The summed E-state index contributed by atoms with van der Waals surface area (Å²) in [4.78, 5) is 40.6. The number of likely N-dealkylation sites (tertiary alicyclic amines) is 1. The second-order valence-corrected chi connectivity index (χ2v) is 11.9. The summed E-state index contributed by atoms with van der Waals surface area (Å²) in [5, 5.41) is 15.3. The van der Waals surface area contributed by atoms with Gasteiger partial charge in [0.25, 0.3) is 0 Å². The molecule has 1 unspecified atom stereocenters. The number of carboxylic acids is 1. The molecule has 42 heavy (non-hydrogen) atoms. The number of fused-ring (bicyclic) bond motifs is 3. The van der Waals surface area contributed by atoms with Crippen LogP contribution in [-0.2, 0) is 20.9 Å². The summed E-state index contributed by atoms with van der Waals surface area (Å²) in [6, 6.07) is 26.3. The largest absolute Gasteiger partial charge is 0.481 e. The lowest BCUT2D eigenvalue weighted by atomic mass is 9.96. The third-order valence-corrected chi connectivity index (χ3v) is 9.06. The maximum atomic E-state index is 13.8. The van der Waals surface area contributed by atoms with Crippen LogP contribution in [0.2, 0.25) is 0 Å².